The van der Waals surface area contributed by atoms with Gasteiger partial charge in [0, 0.05) is 31.4 Å². The quantitative estimate of drug-likeness (QED) is 0.856. The van der Waals surface area contributed by atoms with Crippen LogP contribution in [0, 0.1) is 0 Å². The number of imidazole rings is 1. The fraction of sp³-hybridized carbons (Fsp3) is 0.800. The lowest BCUT2D eigenvalue weighted by Crippen LogP contribution is -2.43. The van der Waals surface area contributed by atoms with Gasteiger partial charge in [0.1, 0.15) is 0 Å². The van der Waals surface area contributed by atoms with Gasteiger partial charge in [-0.3, -0.25) is 4.90 Å². The molecule has 1 aromatic heterocycles. The molecule has 0 bridgehead atoms. The largest absolute Gasteiger partial charge is 0.331 e. The summed E-state index contributed by atoms with van der Waals surface area (Å²) in [6, 6.07) is 1.12. The maximum Gasteiger partial charge on any atom is 0.0951 e. The van der Waals surface area contributed by atoms with Crippen LogP contribution in [0.1, 0.15) is 51.8 Å². The lowest BCUT2D eigenvalue weighted by molar-refractivity contribution is 0.170. The second-order valence-corrected chi connectivity index (χ2v) is 5.96. The average molecular weight is 264 g/mol. The molecule has 1 saturated heterocycles. The van der Waals surface area contributed by atoms with E-state index in [0.717, 1.165) is 13.1 Å². The Morgan fingerprint density at radius 3 is 2.63 bits per heavy atom. The molecule has 0 spiro atoms. The number of rotatable bonds is 6. The highest BCUT2D eigenvalue weighted by molar-refractivity contribution is 4.99. The average Bonchev–Trinajstić information content (AvgIpc) is 2.88. The molecule has 0 amide bonds. The minimum absolute atomic E-state index is 0.485. The van der Waals surface area contributed by atoms with Crippen LogP contribution in [0.3, 0.4) is 0 Å². The zero-order valence-corrected chi connectivity index (χ0v) is 12.6. The van der Waals surface area contributed by atoms with Gasteiger partial charge in [0.05, 0.1) is 12.0 Å². The molecule has 2 rings (SSSR count). The molecule has 0 radical (unpaired) electrons. The third kappa shape index (κ3) is 4.05. The van der Waals surface area contributed by atoms with Gasteiger partial charge < -0.3 is 9.88 Å². The molecule has 4 heteroatoms. The van der Waals surface area contributed by atoms with Crippen molar-refractivity contribution in [1.82, 2.24) is 19.8 Å². The predicted molar refractivity (Wildman–Crippen MR) is 79.2 cm³/mol. The first-order valence-corrected chi connectivity index (χ1v) is 7.64. The van der Waals surface area contributed by atoms with Crippen LogP contribution in [0.25, 0.3) is 0 Å². The molecule has 1 fully saturated rings. The SMILES string of the molecule is CC(CNCc1cncn1C(C)C)N1CCCCC1. The molecule has 1 N–H and O–H groups in total. The molecule has 1 aliphatic heterocycles. The van der Waals surface area contributed by atoms with Gasteiger partial charge in [-0.1, -0.05) is 6.42 Å². The molecule has 1 aliphatic rings. The maximum absolute atomic E-state index is 4.24. The van der Waals surface area contributed by atoms with E-state index in [9.17, 15) is 0 Å². The highest BCUT2D eigenvalue weighted by atomic mass is 15.2. The molecule has 19 heavy (non-hydrogen) atoms. The van der Waals surface area contributed by atoms with E-state index in [1.807, 2.05) is 12.5 Å². The lowest BCUT2D eigenvalue weighted by atomic mass is 10.1. The first-order chi connectivity index (χ1) is 9.18. The molecule has 4 nitrogen and oxygen atoms in total. The van der Waals surface area contributed by atoms with Crippen molar-refractivity contribution >= 4 is 0 Å². The lowest BCUT2D eigenvalue weighted by Gasteiger charge is -2.32. The van der Waals surface area contributed by atoms with Crippen LogP contribution in [0.15, 0.2) is 12.5 Å². The Morgan fingerprint density at radius 2 is 1.95 bits per heavy atom. The minimum Gasteiger partial charge on any atom is -0.331 e. The Bertz CT molecular complexity index is 366. The fourth-order valence-corrected chi connectivity index (χ4v) is 2.83. The van der Waals surface area contributed by atoms with Crippen molar-refractivity contribution < 1.29 is 0 Å². The van der Waals surface area contributed by atoms with E-state index in [2.05, 4.69) is 40.5 Å². The van der Waals surface area contributed by atoms with Gasteiger partial charge in [0.15, 0.2) is 0 Å². The van der Waals surface area contributed by atoms with Crippen LogP contribution >= 0.6 is 0 Å². The number of likely N-dealkylation sites (tertiary alicyclic amines) is 1. The summed E-state index contributed by atoms with van der Waals surface area (Å²) in [7, 11) is 0. The molecule has 2 heterocycles. The van der Waals surface area contributed by atoms with E-state index in [-0.39, 0.29) is 0 Å². The summed E-state index contributed by atoms with van der Waals surface area (Å²) < 4.78 is 2.23. The summed E-state index contributed by atoms with van der Waals surface area (Å²) in [5.41, 5.74) is 1.28. The zero-order valence-electron chi connectivity index (χ0n) is 12.6. The van der Waals surface area contributed by atoms with E-state index in [1.54, 1.807) is 0 Å². The van der Waals surface area contributed by atoms with Crippen LogP contribution in [0.4, 0.5) is 0 Å². The zero-order chi connectivity index (χ0) is 13.7. The predicted octanol–water partition coefficient (Wildman–Crippen LogP) is 2.43. The third-order valence-corrected chi connectivity index (χ3v) is 4.06. The third-order valence-electron chi connectivity index (χ3n) is 4.06. The van der Waals surface area contributed by atoms with Gasteiger partial charge in [-0.25, -0.2) is 4.98 Å². The standard InChI is InChI=1S/C15H28N4/c1-13(2)19-12-17-11-15(19)10-16-9-14(3)18-7-5-4-6-8-18/h11-14,16H,4-10H2,1-3H3. The molecule has 0 saturated carbocycles. The fourth-order valence-electron chi connectivity index (χ4n) is 2.83. The Hall–Kier alpha value is -0.870. The molecular weight excluding hydrogens is 236 g/mol. The number of nitrogens with one attached hydrogen (secondary N) is 1. The Kier molecular flexibility index (Phi) is 5.40. The number of hydrogen-bond donors (Lipinski definition) is 1. The van der Waals surface area contributed by atoms with Crippen LogP contribution in [-0.2, 0) is 6.54 Å². The van der Waals surface area contributed by atoms with E-state index in [1.165, 1.54) is 38.0 Å². The van der Waals surface area contributed by atoms with Crippen LogP contribution in [0.5, 0.6) is 0 Å². The van der Waals surface area contributed by atoms with Crippen molar-refractivity contribution in [2.45, 2.75) is 58.7 Å². The Labute approximate surface area is 117 Å². The van der Waals surface area contributed by atoms with Crippen molar-refractivity contribution in [3.63, 3.8) is 0 Å². The van der Waals surface area contributed by atoms with E-state index in [4.69, 9.17) is 0 Å². The molecule has 1 atom stereocenters. The van der Waals surface area contributed by atoms with Gasteiger partial charge in [-0.05, 0) is 46.7 Å². The number of nitrogens with zero attached hydrogens (tertiary/aromatic N) is 3. The minimum atomic E-state index is 0.485. The summed E-state index contributed by atoms with van der Waals surface area (Å²) in [5.74, 6) is 0. The number of hydrogen-bond acceptors (Lipinski definition) is 3. The summed E-state index contributed by atoms with van der Waals surface area (Å²) >= 11 is 0. The summed E-state index contributed by atoms with van der Waals surface area (Å²) in [4.78, 5) is 6.85. The van der Waals surface area contributed by atoms with Crippen LogP contribution < -0.4 is 5.32 Å². The smallest absolute Gasteiger partial charge is 0.0951 e. The first kappa shape index (κ1) is 14.5. The molecule has 1 aromatic rings. The van der Waals surface area contributed by atoms with Crippen molar-refractivity contribution in [3.8, 4) is 0 Å². The molecule has 0 aromatic carbocycles. The van der Waals surface area contributed by atoms with E-state index >= 15 is 0 Å². The summed E-state index contributed by atoms with van der Waals surface area (Å²) in [5, 5.41) is 3.58. The van der Waals surface area contributed by atoms with Crippen LogP contribution in [0.2, 0.25) is 0 Å². The maximum atomic E-state index is 4.24. The van der Waals surface area contributed by atoms with Gasteiger partial charge in [-0.2, -0.15) is 0 Å². The second kappa shape index (κ2) is 7.06. The number of aromatic nitrogens is 2. The number of piperidine rings is 1. The normalized spacial score (nSPS) is 18.9. The topological polar surface area (TPSA) is 33.1 Å². The first-order valence-electron chi connectivity index (χ1n) is 7.64. The van der Waals surface area contributed by atoms with Crippen molar-refractivity contribution in [1.29, 1.82) is 0 Å². The monoisotopic (exact) mass is 264 g/mol. The Balaban J connectivity index is 1.74. The Morgan fingerprint density at radius 1 is 1.21 bits per heavy atom. The summed E-state index contributed by atoms with van der Waals surface area (Å²) in [6.07, 6.45) is 8.04. The highest BCUT2D eigenvalue weighted by Crippen LogP contribution is 2.12. The molecule has 1 unspecified atom stereocenters. The second-order valence-electron chi connectivity index (χ2n) is 5.96. The summed E-state index contributed by atoms with van der Waals surface area (Å²) in [6.45, 7) is 11.2. The van der Waals surface area contributed by atoms with Crippen LogP contribution in [-0.4, -0.2) is 40.1 Å². The molecular formula is C15H28N4. The van der Waals surface area contributed by atoms with Gasteiger partial charge in [0.2, 0.25) is 0 Å². The highest BCUT2D eigenvalue weighted by Gasteiger charge is 2.16. The van der Waals surface area contributed by atoms with Crippen molar-refractivity contribution in [2.24, 2.45) is 0 Å². The molecule has 0 aliphatic carbocycles. The van der Waals surface area contributed by atoms with Gasteiger partial charge >= 0.3 is 0 Å². The van der Waals surface area contributed by atoms with Gasteiger partial charge in [0.25, 0.3) is 0 Å². The molecule has 108 valence electrons. The van der Waals surface area contributed by atoms with Gasteiger partial charge in [-0.15, -0.1) is 0 Å². The van der Waals surface area contributed by atoms with Crippen molar-refractivity contribution in [2.75, 3.05) is 19.6 Å². The van der Waals surface area contributed by atoms with E-state index < -0.39 is 0 Å². The van der Waals surface area contributed by atoms with Crippen molar-refractivity contribution in [3.05, 3.63) is 18.2 Å². The van der Waals surface area contributed by atoms with E-state index in [0.29, 0.717) is 12.1 Å².